The molecule has 1 heterocycles. The van der Waals surface area contributed by atoms with Gasteiger partial charge in [-0.15, -0.1) is 0 Å². The molecule has 21 heavy (non-hydrogen) atoms. The van der Waals surface area contributed by atoms with Gasteiger partial charge in [0.25, 0.3) is 0 Å². The van der Waals surface area contributed by atoms with E-state index in [1.807, 2.05) is 24.3 Å². The Morgan fingerprint density at radius 2 is 2.05 bits per heavy atom. The van der Waals surface area contributed by atoms with Gasteiger partial charge >= 0.3 is 0 Å². The number of hydrogen-bond acceptors (Lipinski definition) is 3. The van der Waals surface area contributed by atoms with Crippen LogP contribution < -0.4 is 10.5 Å². The largest absolute Gasteiger partial charge is 0.494 e. The van der Waals surface area contributed by atoms with Crippen LogP contribution >= 0.6 is 0 Å². The fourth-order valence-electron chi connectivity index (χ4n) is 2.33. The lowest BCUT2D eigenvalue weighted by atomic mass is 10.2. The van der Waals surface area contributed by atoms with Crippen LogP contribution in [0.25, 0.3) is 0 Å². The lowest BCUT2D eigenvalue weighted by Crippen LogP contribution is -2.09. The Balaban J connectivity index is 1.82. The van der Waals surface area contributed by atoms with E-state index in [0.29, 0.717) is 13.2 Å². The zero-order valence-corrected chi connectivity index (χ0v) is 13.0. The third-order valence-electron chi connectivity index (χ3n) is 3.56. The minimum atomic E-state index is 0.546. The molecular formula is C17H25N3O. The molecule has 0 bridgehead atoms. The minimum absolute atomic E-state index is 0.546. The standard InChI is InChI=1S/C17H25N3O/c1-3-15-12-16(4-2)20(19-15)9-6-10-21-17-8-5-7-14(11-17)13-18/h5,7-8,11-12H,3-4,6,9-10,13,18H2,1-2H3. The summed E-state index contributed by atoms with van der Waals surface area (Å²) in [4.78, 5) is 0. The van der Waals surface area contributed by atoms with Gasteiger partial charge in [0.2, 0.25) is 0 Å². The summed E-state index contributed by atoms with van der Waals surface area (Å²) in [5, 5.41) is 4.62. The molecule has 0 saturated heterocycles. The van der Waals surface area contributed by atoms with Crippen molar-refractivity contribution in [3.63, 3.8) is 0 Å². The van der Waals surface area contributed by atoms with Crippen molar-refractivity contribution in [1.29, 1.82) is 0 Å². The highest BCUT2D eigenvalue weighted by atomic mass is 16.5. The predicted molar refractivity (Wildman–Crippen MR) is 85.4 cm³/mol. The molecule has 0 atom stereocenters. The summed E-state index contributed by atoms with van der Waals surface area (Å²) in [5.74, 6) is 0.892. The van der Waals surface area contributed by atoms with Crippen LogP contribution in [0.1, 0.15) is 37.2 Å². The third-order valence-corrected chi connectivity index (χ3v) is 3.56. The van der Waals surface area contributed by atoms with Gasteiger partial charge in [0, 0.05) is 25.2 Å². The van der Waals surface area contributed by atoms with E-state index in [0.717, 1.165) is 37.1 Å². The van der Waals surface area contributed by atoms with Crippen LogP contribution in [0.3, 0.4) is 0 Å². The average molecular weight is 287 g/mol. The first kappa shape index (κ1) is 15.6. The fraction of sp³-hybridized carbons (Fsp3) is 0.471. The summed E-state index contributed by atoms with van der Waals surface area (Å²) >= 11 is 0. The van der Waals surface area contributed by atoms with E-state index in [-0.39, 0.29) is 0 Å². The van der Waals surface area contributed by atoms with Crippen molar-refractivity contribution in [2.45, 2.75) is 46.2 Å². The van der Waals surface area contributed by atoms with Crippen LogP contribution in [0.5, 0.6) is 5.75 Å². The molecule has 0 aliphatic heterocycles. The van der Waals surface area contributed by atoms with Gasteiger partial charge in [0.15, 0.2) is 0 Å². The van der Waals surface area contributed by atoms with E-state index in [2.05, 4.69) is 29.7 Å². The van der Waals surface area contributed by atoms with Gasteiger partial charge in [-0.3, -0.25) is 4.68 Å². The first-order valence-electron chi connectivity index (χ1n) is 7.74. The Morgan fingerprint density at radius 3 is 2.76 bits per heavy atom. The summed E-state index contributed by atoms with van der Waals surface area (Å²) in [6, 6.07) is 10.2. The first-order chi connectivity index (χ1) is 10.3. The zero-order valence-electron chi connectivity index (χ0n) is 13.0. The van der Waals surface area contributed by atoms with E-state index in [4.69, 9.17) is 10.5 Å². The third kappa shape index (κ3) is 4.33. The number of rotatable bonds is 8. The molecule has 0 radical (unpaired) electrons. The second kappa shape index (κ2) is 7.84. The maximum Gasteiger partial charge on any atom is 0.119 e. The number of aryl methyl sites for hydroxylation is 3. The lowest BCUT2D eigenvalue weighted by Gasteiger charge is -2.09. The van der Waals surface area contributed by atoms with Crippen molar-refractivity contribution >= 4 is 0 Å². The van der Waals surface area contributed by atoms with Crippen molar-refractivity contribution in [3.8, 4) is 5.75 Å². The van der Waals surface area contributed by atoms with E-state index >= 15 is 0 Å². The van der Waals surface area contributed by atoms with Crippen LogP contribution in [-0.2, 0) is 25.9 Å². The maximum atomic E-state index is 5.78. The monoisotopic (exact) mass is 287 g/mol. The number of ether oxygens (including phenoxy) is 1. The Labute approximate surface area is 126 Å². The number of benzene rings is 1. The summed E-state index contributed by atoms with van der Waals surface area (Å²) in [5.41, 5.74) is 9.20. The fourth-order valence-corrected chi connectivity index (χ4v) is 2.33. The molecule has 0 fully saturated rings. The van der Waals surface area contributed by atoms with Crippen molar-refractivity contribution in [1.82, 2.24) is 9.78 Å². The summed E-state index contributed by atoms with van der Waals surface area (Å²) in [6.45, 7) is 6.45. The van der Waals surface area contributed by atoms with Gasteiger partial charge < -0.3 is 10.5 Å². The van der Waals surface area contributed by atoms with Crippen LogP contribution in [0.4, 0.5) is 0 Å². The smallest absolute Gasteiger partial charge is 0.119 e. The van der Waals surface area contributed by atoms with Crippen LogP contribution in [0.2, 0.25) is 0 Å². The molecule has 0 spiro atoms. The number of aromatic nitrogens is 2. The van der Waals surface area contributed by atoms with E-state index in [1.165, 1.54) is 11.4 Å². The van der Waals surface area contributed by atoms with Gasteiger partial charge in [-0.1, -0.05) is 26.0 Å². The molecular weight excluding hydrogens is 262 g/mol. The molecule has 2 rings (SSSR count). The van der Waals surface area contributed by atoms with Crippen molar-refractivity contribution in [2.24, 2.45) is 5.73 Å². The zero-order chi connectivity index (χ0) is 15.1. The predicted octanol–water partition coefficient (Wildman–Crippen LogP) is 2.94. The SMILES string of the molecule is CCc1cc(CC)n(CCCOc2cccc(CN)c2)n1. The second-order valence-electron chi connectivity index (χ2n) is 5.11. The van der Waals surface area contributed by atoms with Crippen molar-refractivity contribution in [2.75, 3.05) is 6.61 Å². The van der Waals surface area contributed by atoms with E-state index in [9.17, 15) is 0 Å². The Kier molecular flexibility index (Phi) is 5.81. The molecule has 4 heteroatoms. The molecule has 0 unspecified atom stereocenters. The number of nitrogens with zero attached hydrogens (tertiary/aromatic N) is 2. The number of hydrogen-bond donors (Lipinski definition) is 1. The normalized spacial score (nSPS) is 10.8. The average Bonchev–Trinajstić information content (AvgIpc) is 2.94. The van der Waals surface area contributed by atoms with Crippen LogP contribution in [-0.4, -0.2) is 16.4 Å². The van der Waals surface area contributed by atoms with Crippen LogP contribution in [0, 0.1) is 0 Å². The van der Waals surface area contributed by atoms with Gasteiger partial charge in [0.05, 0.1) is 12.3 Å². The van der Waals surface area contributed by atoms with Crippen LogP contribution in [0.15, 0.2) is 30.3 Å². The first-order valence-corrected chi connectivity index (χ1v) is 7.74. The molecule has 4 nitrogen and oxygen atoms in total. The molecule has 1 aromatic heterocycles. The topological polar surface area (TPSA) is 53.1 Å². The van der Waals surface area contributed by atoms with Gasteiger partial charge in [-0.2, -0.15) is 5.10 Å². The van der Waals surface area contributed by atoms with Gasteiger partial charge in [0.1, 0.15) is 5.75 Å². The Hall–Kier alpha value is -1.81. The molecule has 0 amide bonds. The summed E-state index contributed by atoms with van der Waals surface area (Å²) in [7, 11) is 0. The summed E-state index contributed by atoms with van der Waals surface area (Å²) in [6.07, 6.45) is 2.96. The maximum absolute atomic E-state index is 5.78. The molecule has 1 aromatic carbocycles. The van der Waals surface area contributed by atoms with Gasteiger partial charge in [-0.25, -0.2) is 0 Å². The second-order valence-corrected chi connectivity index (χ2v) is 5.11. The van der Waals surface area contributed by atoms with E-state index in [1.54, 1.807) is 0 Å². The number of nitrogens with two attached hydrogens (primary N) is 1. The molecule has 0 saturated carbocycles. The highest BCUT2D eigenvalue weighted by Crippen LogP contribution is 2.13. The van der Waals surface area contributed by atoms with Crippen molar-refractivity contribution in [3.05, 3.63) is 47.3 Å². The molecule has 114 valence electrons. The molecule has 0 aliphatic rings. The minimum Gasteiger partial charge on any atom is -0.494 e. The quantitative estimate of drug-likeness (QED) is 0.759. The van der Waals surface area contributed by atoms with E-state index < -0.39 is 0 Å². The molecule has 2 aromatic rings. The lowest BCUT2D eigenvalue weighted by molar-refractivity contribution is 0.297. The Bertz CT molecular complexity index is 563. The Morgan fingerprint density at radius 1 is 1.19 bits per heavy atom. The molecule has 0 aliphatic carbocycles. The highest BCUT2D eigenvalue weighted by Gasteiger charge is 2.05. The molecule has 2 N–H and O–H groups in total. The summed E-state index contributed by atoms with van der Waals surface area (Å²) < 4.78 is 7.89. The van der Waals surface area contributed by atoms with Crippen molar-refractivity contribution < 1.29 is 4.74 Å². The highest BCUT2D eigenvalue weighted by molar-refractivity contribution is 5.28. The van der Waals surface area contributed by atoms with Gasteiger partial charge in [-0.05, 0) is 36.6 Å².